The number of unbranched alkanes of at least 4 members (excludes halogenated alkanes) is 1. The first-order valence-electron chi connectivity index (χ1n) is 11.6. The van der Waals surface area contributed by atoms with Gasteiger partial charge in [-0.3, -0.25) is 9.59 Å². The third kappa shape index (κ3) is 6.16. The van der Waals surface area contributed by atoms with E-state index >= 15 is 0 Å². The molecule has 0 saturated heterocycles. The van der Waals surface area contributed by atoms with Crippen molar-refractivity contribution >= 4 is 29.2 Å². The van der Waals surface area contributed by atoms with E-state index in [0.29, 0.717) is 22.9 Å². The summed E-state index contributed by atoms with van der Waals surface area (Å²) < 4.78 is 1.70. The topological polar surface area (TPSA) is 67.2 Å². The molecule has 0 unspecified atom stereocenters. The smallest absolute Gasteiger partial charge is 0.254 e. The Morgan fingerprint density at radius 1 is 0.943 bits per heavy atom. The summed E-state index contributed by atoms with van der Waals surface area (Å²) in [6.45, 7) is 2.44. The molecular weight excluding hydrogens is 460 g/mol. The van der Waals surface area contributed by atoms with Crippen molar-refractivity contribution in [1.82, 2.24) is 14.7 Å². The SMILES string of the molecule is CCCCN(CC(=O)Nc1cc(-c2ccccc2)nn1-c1ccccc1)C(=O)c1cccc(Cl)c1. The molecule has 1 aromatic heterocycles. The van der Waals surface area contributed by atoms with Crippen LogP contribution in [-0.4, -0.2) is 39.6 Å². The fourth-order valence-electron chi connectivity index (χ4n) is 3.75. The first kappa shape index (κ1) is 24.2. The van der Waals surface area contributed by atoms with Gasteiger partial charge >= 0.3 is 0 Å². The van der Waals surface area contributed by atoms with Crippen LogP contribution in [0.15, 0.2) is 91.0 Å². The Kier molecular flexibility index (Phi) is 7.95. The summed E-state index contributed by atoms with van der Waals surface area (Å²) in [6.07, 6.45) is 1.70. The van der Waals surface area contributed by atoms with Gasteiger partial charge in [-0.05, 0) is 36.8 Å². The van der Waals surface area contributed by atoms with E-state index in [1.54, 1.807) is 33.8 Å². The first-order valence-corrected chi connectivity index (χ1v) is 12.0. The molecule has 1 N–H and O–H groups in total. The van der Waals surface area contributed by atoms with Gasteiger partial charge < -0.3 is 10.2 Å². The summed E-state index contributed by atoms with van der Waals surface area (Å²) in [6, 6.07) is 28.0. The highest BCUT2D eigenvalue weighted by atomic mass is 35.5. The zero-order valence-corrected chi connectivity index (χ0v) is 20.3. The van der Waals surface area contributed by atoms with Crippen LogP contribution in [0.25, 0.3) is 16.9 Å². The molecule has 0 radical (unpaired) electrons. The van der Waals surface area contributed by atoms with Gasteiger partial charge in [-0.2, -0.15) is 5.10 Å². The lowest BCUT2D eigenvalue weighted by Crippen LogP contribution is -2.39. The summed E-state index contributed by atoms with van der Waals surface area (Å²) in [4.78, 5) is 27.8. The minimum absolute atomic E-state index is 0.0774. The molecular formula is C28H27ClN4O2. The van der Waals surface area contributed by atoms with Crippen molar-refractivity contribution in [3.63, 3.8) is 0 Å². The van der Waals surface area contributed by atoms with Gasteiger partial charge in [0.1, 0.15) is 12.4 Å². The summed E-state index contributed by atoms with van der Waals surface area (Å²) in [5.74, 6) is 0.0107. The second kappa shape index (κ2) is 11.5. The molecule has 0 bridgehead atoms. The van der Waals surface area contributed by atoms with Gasteiger partial charge in [0.2, 0.25) is 5.91 Å². The molecule has 0 aliphatic heterocycles. The van der Waals surface area contributed by atoms with Crippen molar-refractivity contribution in [2.45, 2.75) is 19.8 Å². The second-order valence-electron chi connectivity index (χ2n) is 8.17. The standard InChI is InChI=1S/C28H27ClN4O2/c1-2-3-17-32(28(35)22-13-10-14-23(29)18-22)20-27(34)30-26-19-25(21-11-6-4-7-12-21)31-33(26)24-15-8-5-9-16-24/h4-16,18-19H,2-3,17,20H2,1H3,(H,30,34). The number of hydrogen-bond donors (Lipinski definition) is 1. The van der Waals surface area contributed by atoms with E-state index in [1.165, 1.54) is 0 Å². The number of hydrogen-bond acceptors (Lipinski definition) is 3. The monoisotopic (exact) mass is 486 g/mol. The second-order valence-corrected chi connectivity index (χ2v) is 8.60. The molecule has 6 nitrogen and oxygen atoms in total. The van der Waals surface area contributed by atoms with Crippen LogP contribution in [0, 0.1) is 0 Å². The van der Waals surface area contributed by atoms with Crippen molar-refractivity contribution in [3.05, 3.63) is 102 Å². The molecule has 0 aliphatic rings. The largest absolute Gasteiger partial charge is 0.329 e. The van der Waals surface area contributed by atoms with E-state index in [0.717, 1.165) is 29.8 Å². The fourth-order valence-corrected chi connectivity index (χ4v) is 3.94. The number of amides is 2. The highest BCUT2D eigenvalue weighted by Gasteiger charge is 2.20. The number of rotatable bonds is 9. The molecule has 4 aromatic rings. The molecule has 178 valence electrons. The average Bonchev–Trinajstić information content (AvgIpc) is 3.30. The minimum Gasteiger partial charge on any atom is -0.329 e. The Morgan fingerprint density at radius 3 is 2.34 bits per heavy atom. The van der Waals surface area contributed by atoms with Gasteiger partial charge in [0, 0.05) is 28.8 Å². The summed E-state index contributed by atoms with van der Waals surface area (Å²) in [5, 5.41) is 8.18. The van der Waals surface area contributed by atoms with Crippen molar-refractivity contribution in [3.8, 4) is 16.9 Å². The maximum Gasteiger partial charge on any atom is 0.254 e. The number of carbonyl (C=O) groups excluding carboxylic acids is 2. The Labute approximate surface area is 210 Å². The highest BCUT2D eigenvalue weighted by Crippen LogP contribution is 2.25. The molecule has 0 fully saturated rings. The summed E-state index contributed by atoms with van der Waals surface area (Å²) in [5.41, 5.74) is 2.96. The van der Waals surface area contributed by atoms with Crippen LogP contribution in [0.2, 0.25) is 5.02 Å². The van der Waals surface area contributed by atoms with Gasteiger partial charge in [0.25, 0.3) is 5.91 Å². The first-order chi connectivity index (χ1) is 17.0. The zero-order chi connectivity index (χ0) is 24.6. The molecule has 4 rings (SSSR count). The number of aromatic nitrogens is 2. The third-order valence-corrected chi connectivity index (χ3v) is 5.76. The Morgan fingerprint density at radius 2 is 1.66 bits per heavy atom. The lowest BCUT2D eigenvalue weighted by atomic mass is 10.1. The lowest BCUT2D eigenvalue weighted by Gasteiger charge is -2.22. The lowest BCUT2D eigenvalue weighted by molar-refractivity contribution is -0.116. The molecule has 35 heavy (non-hydrogen) atoms. The van der Waals surface area contributed by atoms with E-state index in [9.17, 15) is 9.59 Å². The average molecular weight is 487 g/mol. The molecule has 2 amide bonds. The van der Waals surface area contributed by atoms with Crippen LogP contribution in [0.3, 0.4) is 0 Å². The van der Waals surface area contributed by atoms with Crippen molar-refractivity contribution in [2.75, 3.05) is 18.4 Å². The van der Waals surface area contributed by atoms with Crippen LogP contribution < -0.4 is 5.32 Å². The predicted octanol–water partition coefficient (Wildman–Crippen LogP) is 6.07. The van der Waals surface area contributed by atoms with Gasteiger partial charge in [-0.25, -0.2) is 4.68 Å². The highest BCUT2D eigenvalue weighted by molar-refractivity contribution is 6.31. The number of para-hydroxylation sites is 1. The molecule has 3 aromatic carbocycles. The number of nitrogens with zero attached hydrogens (tertiary/aromatic N) is 3. The van der Waals surface area contributed by atoms with Crippen molar-refractivity contribution < 1.29 is 9.59 Å². The Hall–Kier alpha value is -3.90. The molecule has 0 spiro atoms. The van der Waals surface area contributed by atoms with Crippen LogP contribution >= 0.6 is 11.6 Å². The zero-order valence-electron chi connectivity index (χ0n) is 19.5. The molecule has 7 heteroatoms. The van der Waals surface area contributed by atoms with E-state index < -0.39 is 0 Å². The van der Waals surface area contributed by atoms with Crippen LogP contribution in [-0.2, 0) is 4.79 Å². The number of anilines is 1. The number of carbonyl (C=O) groups is 2. The number of nitrogens with one attached hydrogen (secondary N) is 1. The van der Waals surface area contributed by atoms with Crippen LogP contribution in [0.1, 0.15) is 30.1 Å². The maximum absolute atomic E-state index is 13.1. The van der Waals surface area contributed by atoms with Crippen LogP contribution in [0.4, 0.5) is 5.82 Å². The molecule has 0 saturated carbocycles. The van der Waals surface area contributed by atoms with E-state index in [2.05, 4.69) is 5.32 Å². The van der Waals surface area contributed by atoms with Gasteiger partial charge in [0.05, 0.1) is 11.4 Å². The van der Waals surface area contributed by atoms with E-state index in [1.807, 2.05) is 73.7 Å². The van der Waals surface area contributed by atoms with Gasteiger partial charge in [0.15, 0.2) is 0 Å². The Balaban J connectivity index is 1.58. The van der Waals surface area contributed by atoms with Gasteiger partial charge in [-0.15, -0.1) is 0 Å². The third-order valence-electron chi connectivity index (χ3n) is 5.52. The maximum atomic E-state index is 13.1. The predicted molar refractivity (Wildman–Crippen MR) is 140 cm³/mol. The number of benzene rings is 3. The minimum atomic E-state index is -0.298. The van der Waals surface area contributed by atoms with Gasteiger partial charge in [-0.1, -0.05) is 79.5 Å². The summed E-state index contributed by atoms with van der Waals surface area (Å²) >= 11 is 6.08. The van der Waals surface area contributed by atoms with Crippen LogP contribution in [0.5, 0.6) is 0 Å². The summed E-state index contributed by atoms with van der Waals surface area (Å²) in [7, 11) is 0. The molecule has 1 heterocycles. The quantitative estimate of drug-likeness (QED) is 0.312. The Bertz CT molecular complexity index is 1290. The molecule has 0 aliphatic carbocycles. The van der Waals surface area contributed by atoms with Crippen molar-refractivity contribution in [2.24, 2.45) is 0 Å². The normalized spacial score (nSPS) is 10.7. The fraction of sp³-hybridized carbons (Fsp3) is 0.179. The van der Waals surface area contributed by atoms with E-state index in [4.69, 9.17) is 16.7 Å². The molecule has 0 atom stereocenters. The van der Waals surface area contributed by atoms with Crippen molar-refractivity contribution in [1.29, 1.82) is 0 Å². The number of halogens is 1. The van der Waals surface area contributed by atoms with E-state index in [-0.39, 0.29) is 18.4 Å².